The van der Waals surface area contributed by atoms with Gasteiger partial charge in [-0.25, -0.2) is 4.39 Å². The van der Waals surface area contributed by atoms with Crippen molar-refractivity contribution in [3.05, 3.63) is 28.0 Å². The molecule has 100 valence electrons. The van der Waals surface area contributed by atoms with E-state index in [4.69, 9.17) is 28.9 Å². The molecule has 1 aromatic rings. The number of nitrogens with one attached hydrogen (secondary N) is 1. The lowest BCUT2D eigenvalue weighted by Crippen LogP contribution is -2.26. The number of benzene rings is 1. The third-order valence-electron chi connectivity index (χ3n) is 2.37. The lowest BCUT2D eigenvalue weighted by Gasteiger charge is -2.11. The van der Waals surface area contributed by atoms with Gasteiger partial charge in [-0.3, -0.25) is 4.79 Å². The Hall–Kier alpha value is -0.840. The zero-order valence-corrected chi connectivity index (χ0v) is 11.5. The highest BCUT2D eigenvalue weighted by Crippen LogP contribution is 2.27. The maximum Gasteiger partial charge on any atom is 0.225 e. The van der Waals surface area contributed by atoms with Crippen LogP contribution in [-0.2, 0) is 4.79 Å². The van der Waals surface area contributed by atoms with Crippen molar-refractivity contribution in [3.63, 3.8) is 0 Å². The summed E-state index contributed by atoms with van der Waals surface area (Å²) in [6.45, 7) is 2.00. The summed E-state index contributed by atoms with van der Waals surface area (Å²) in [5.74, 6) is -0.936. The van der Waals surface area contributed by atoms with Crippen molar-refractivity contribution < 1.29 is 9.18 Å². The molecule has 0 fully saturated rings. The Balaban J connectivity index is 2.65. The molecule has 0 bridgehead atoms. The van der Waals surface area contributed by atoms with Gasteiger partial charge in [-0.05, 0) is 18.6 Å². The maximum atomic E-state index is 13.2. The summed E-state index contributed by atoms with van der Waals surface area (Å²) < 4.78 is 13.2. The second-order valence-corrected chi connectivity index (χ2v) is 4.87. The van der Waals surface area contributed by atoms with Crippen molar-refractivity contribution in [2.45, 2.75) is 32.2 Å². The van der Waals surface area contributed by atoms with E-state index in [-0.39, 0.29) is 28.4 Å². The zero-order valence-electron chi connectivity index (χ0n) is 9.97. The molecule has 3 nitrogen and oxygen atoms in total. The van der Waals surface area contributed by atoms with Crippen LogP contribution >= 0.6 is 23.2 Å². The number of carbonyl (C=O) groups is 1. The van der Waals surface area contributed by atoms with Gasteiger partial charge in [-0.1, -0.05) is 36.5 Å². The number of hydrogen-bond donors (Lipinski definition) is 2. The first-order chi connectivity index (χ1) is 8.43. The van der Waals surface area contributed by atoms with E-state index in [1.165, 1.54) is 12.1 Å². The Morgan fingerprint density at radius 3 is 2.50 bits per heavy atom. The van der Waals surface area contributed by atoms with Crippen molar-refractivity contribution in [2.75, 3.05) is 5.32 Å². The van der Waals surface area contributed by atoms with E-state index in [1.54, 1.807) is 0 Å². The van der Waals surface area contributed by atoms with Gasteiger partial charge in [0.05, 0.1) is 10.0 Å². The third kappa shape index (κ3) is 4.44. The first-order valence-corrected chi connectivity index (χ1v) is 6.39. The largest absolute Gasteiger partial charge is 0.327 e. The number of carbonyl (C=O) groups excluding carboxylic acids is 1. The number of rotatable bonds is 5. The van der Waals surface area contributed by atoms with Crippen LogP contribution in [0.3, 0.4) is 0 Å². The van der Waals surface area contributed by atoms with Crippen LogP contribution in [0.1, 0.15) is 26.2 Å². The van der Waals surface area contributed by atoms with E-state index in [2.05, 4.69) is 5.32 Å². The molecule has 0 saturated heterocycles. The van der Waals surface area contributed by atoms with Crippen molar-refractivity contribution in [2.24, 2.45) is 5.73 Å². The molecular formula is C12H15Cl2FN2O. The van der Waals surface area contributed by atoms with Gasteiger partial charge in [-0.2, -0.15) is 0 Å². The summed E-state index contributed by atoms with van der Waals surface area (Å²) in [4.78, 5) is 11.6. The summed E-state index contributed by atoms with van der Waals surface area (Å²) in [5, 5.41) is 2.33. The molecule has 0 aliphatic rings. The van der Waals surface area contributed by atoms with E-state index < -0.39 is 5.82 Å². The van der Waals surface area contributed by atoms with Gasteiger partial charge in [-0.15, -0.1) is 0 Å². The normalized spacial score (nSPS) is 12.3. The minimum Gasteiger partial charge on any atom is -0.327 e. The average Bonchev–Trinajstić information content (AvgIpc) is 2.25. The fourth-order valence-electron chi connectivity index (χ4n) is 1.55. The summed E-state index contributed by atoms with van der Waals surface area (Å²) in [7, 11) is 0. The smallest absolute Gasteiger partial charge is 0.225 e. The molecule has 0 aliphatic carbocycles. The molecule has 3 N–H and O–H groups in total. The summed E-state index contributed by atoms with van der Waals surface area (Å²) >= 11 is 11.2. The van der Waals surface area contributed by atoms with Crippen LogP contribution in [0.15, 0.2) is 12.1 Å². The van der Waals surface area contributed by atoms with Crippen molar-refractivity contribution in [3.8, 4) is 0 Å². The number of hydrogen-bond acceptors (Lipinski definition) is 2. The van der Waals surface area contributed by atoms with Gasteiger partial charge in [0, 0.05) is 18.2 Å². The number of amides is 1. The molecular weight excluding hydrogens is 278 g/mol. The highest BCUT2D eigenvalue weighted by molar-refractivity contribution is 6.35. The average molecular weight is 293 g/mol. The van der Waals surface area contributed by atoms with Crippen molar-refractivity contribution >= 4 is 34.8 Å². The molecule has 6 heteroatoms. The van der Waals surface area contributed by atoms with Crippen LogP contribution in [0.25, 0.3) is 0 Å². The topological polar surface area (TPSA) is 55.1 Å². The van der Waals surface area contributed by atoms with E-state index in [9.17, 15) is 9.18 Å². The van der Waals surface area contributed by atoms with Crippen LogP contribution in [0.4, 0.5) is 10.1 Å². The molecule has 18 heavy (non-hydrogen) atoms. The Morgan fingerprint density at radius 1 is 1.44 bits per heavy atom. The highest BCUT2D eigenvalue weighted by atomic mass is 35.5. The van der Waals surface area contributed by atoms with Crippen molar-refractivity contribution in [1.29, 1.82) is 0 Å². The maximum absolute atomic E-state index is 13.2. The van der Waals surface area contributed by atoms with Crippen LogP contribution in [0, 0.1) is 5.82 Å². The van der Waals surface area contributed by atoms with Crippen LogP contribution in [-0.4, -0.2) is 11.9 Å². The SMILES string of the molecule is CCCC(N)CC(=O)Nc1cc(Cl)c(F)c(Cl)c1. The van der Waals surface area contributed by atoms with Gasteiger partial charge in [0.15, 0.2) is 5.82 Å². The van der Waals surface area contributed by atoms with E-state index in [1.807, 2.05) is 6.92 Å². The lowest BCUT2D eigenvalue weighted by atomic mass is 10.1. The molecule has 0 aromatic heterocycles. The molecule has 1 rings (SSSR count). The van der Waals surface area contributed by atoms with E-state index >= 15 is 0 Å². The second kappa shape index (κ2) is 6.92. The zero-order chi connectivity index (χ0) is 13.7. The molecule has 0 heterocycles. The Labute approximate surface area is 115 Å². The predicted octanol–water partition coefficient (Wildman–Crippen LogP) is 3.59. The first kappa shape index (κ1) is 15.2. The molecule has 0 radical (unpaired) electrons. The van der Waals surface area contributed by atoms with Crippen LogP contribution in [0.5, 0.6) is 0 Å². The van der Waals surface area contributed by atoms with Gasteiger partial charge in [0.25, 0.3) is 0 Å². The molecule has 1 atom stereocenters. The quantitative estimate of drug-likeness (QED) is 0.815. The Morgan fingerprint density at radius 2 is 2.00 bits per heavy atom. The van der Waals surface area contributed by atoms with Crippen molar-refractivity contribution in [1.82, 2.24) is 0 Å². The minimum absolute atomic E-state index is 0.129. The Kier molecular flexibility index (Phi) is 5.85. The third-order valence-corrected chi connectivity index (χ3v) is 2.92. The van der Waals surface area contributed by atoms with Gasteiger partial charge >= 0.3 is 0 Å². The van der Waals surface area contributed by atoms with Gasteiger partial charge < -0.3 is 11.1 Å². The van der Waals surface area contributed by atoms with E-state index in [0.29, 0.717) is 5.69 Å². The first-order valence-electron chi connectivity index (χ1n) is 5.64. The molecule has 1 aromatic carbocycles. The van der Waals surface area contributed by atoms with Crippen LogP contribution in [0.2, 0.25) is 10.0 Å². The fourth-order valence-corrected chi connectivity index (χ4v) is 2.04. The minimum atomic E-state index is -0.695. The predicted molar refractivity (Wildman–Crippen MR) is 72.6 cm³/mol. The van der Waals surface area contributed by atoms with Gasteiger partial charge in [0.1, 0.15) is 0 Å². The molecule has 1 amide bonds. The molecule has 0 aliphatic heterocycles. The number of anilines is 1. The number of nitrogens with two attached hydrogens (primary N) is 1. The monoisotopic (exact) mass is 292 g/mol. The lowest BCUT2D eigenvalue weighted by molar-refractivity contribution is -0.116. The van der Waals surface area contributed by atoms with Gasteiger partial charge in [0.2, 0.25) is 5.91 Å². The summed E-state index contributed by atoms with van der Waals surface area (Å²) in [6, 6.07) is 2.44. The Bertz CT molecular complexity index is 417. The van der Waals surface area contributed by atoms with Crippen LogP contribution < -0.4 is 11.1 Å². The fraction of sp³-hybridized carbons (Fsp3) is 0.417. The molecule has 1 unspecified atom stereocenters. The van der Waals surface area contributed by atoms with E-state index in [0.717, 1.165) is 12.8 Å². The number of halogens is 3. The molecule has 0 spiro atoms. The molecule has 0 saturated carbocycles. The second-order valence-electron chi connectivity index (χ2n) is 4.05. The summed E-state index contributed by atoms with van der Waals surface area (Å²) in [5.41, 5.74) is 6.11. The highest BCUT2D eigenvalue weighted by Gasteiger charge is 2.12. The summed E-state index contributed by atoms with van der Waals surface area (Å²) in [6.07, 6.45) is 1.90. The standard InChI is InChI=1S/C12H15Cl2FN2O/c1-2-3-7(16)4-11(18)17-8-5-9(13)12(15)10(14)6-8/h5-7H,2-4,16H2,1H3,(H,17,18).